The van der Waals surface area contributed by atoms with E-state index in [9.17, 15) is 0 Å². The van der Waals surface area contributed by atoms with Crippen LogP contribution < -0.4 is 14.2 Å². The molecular formula is C12H14N2O3. The van der Waals surface area contributed by atoms with Gasteiger partial charge in [0.15, 0.2) is 11.5 Å². The molecule has 5 nitrogen and oxygen atoms in total. The highest BCUT2D eigenvalue weighted by Gasteiger charge is 2.13. The molecule has 1 heterocycles. The van der Waals surface area contributed by atoms with E-state index in [-0.39, 0.29) is 0 Å². The van der Waals surface area contributed by atoms with Crippen molar-refractivity contribution in [3.8, 4) is 22.9 Å². The van der Waals surface area contributed by atoms with Crippen molar-refractivity contribution in [2.75, 3.05) is 21.3 Å². The number of nitrogens with zero attached hydrogens (tertiary/aromatic N) is 2. The number of benzene rings is 1. The molecule has 0 fully saturated rings. The smallest absolute Gasteiger partial charge is 0.203 e. The molecule has 0 aliphatic carbocycles. The first kappa shape index (κ1) is 11.3. The van der Waals surface area contributed by atoms with Crippen LogP contribution in [0.3, 0.4) is 0 Å². The molecule has 1 aromatic carbocycles. The summed E-state index contributed by atoms with van der Waals surface area (Å²) in [6, 6.07) is 3.73. The van der Waals surface area contributed by atoms with Gasteiger partial charge in [0.2, 0.25) is 5.75 Å². The molecule has 0 bridgehead atoms. The lowest BCUT2D eigenvalue weighted by atomic mass is 10.2. The molecule has 2 aromatic rings. The third kappa shape index (κ3) is 2.04. The van der Waals surface area contributed by atoms with Crippen LogP contribution in [0.5, 0.6) is 17.2 Å². The summed E-state index contributed by atoms with van der Waals surface area (Å²) in [5.41, 5.74) is 0.900. The fraction of sp³-hybridized carbons (Fsp3) is 0.250. The largest absolute Gasteiger partial charge is 0.493 e. The van der Waals surface area contributed by atoms with Crippen molar-refractivity contribution in [1.29, 1.82) is 0 Å². The summed E-state index contributed by atoms with van der Waals surface area (Å²) >= 11 is 0. The van der Waals surface area contributed by atoms with Gasteiger partial charge in [0.1, 0.15) is 0 Å². The van der Waals surface area contributed by atoms with E-state index in [1.54, 1.807) is 33.9 Å². The molecule has 0 aliphatic rings. The van der Waals surface area contributed by atoms with E-state index >= 15 is 0 Å². The van der Waals surface area contributed by atoms with E-state index in [4.69, 9.17) is 14.2 Å². The van der Waals surface area contributed by atoms with Gasteiger partial charge < -0.3 is 18.8 Å². The maximum Gasteiger partial charge on any atom is 0.203 e. The van der Waals surface area contributed by atoms with Crippen LogP contribution in [-0.4, -0.2) is 30.9 Å². The van der Waals surface area contributed by atoms with Gasteiger partial charge >= 0.3 is 0 Å². The Labute approximate surface area is 99.6 Å². The molecule has 0 saturated heterocycles. The lowest BCUT2D eigenvalue weighted by Crippen LogP contribution is -1.98. The minimum Gasteiger partial charge on any atom is -0.493 e. The number of hydrogen-bond acceptors (Lipinski definition) is 4. The van der Waals surface area contributed by atoms with Crippen LogP contribution in [0.4, 0.5) is 0 Å². The first-order chi connectivity index (χ1) is 8.30. The third-order valence-electron chi connectivity index (χ3n) is 2.45. The van der Waals surface area contributed by atoms with Crippen LogP contribution in [-0.2, 0) is 0 Å². The average molecular weight is 234 g/mol. The Kier molecular flexibility index (Phi) is 3.18. The molecule has 1 aromatic heterocycles. The minimum atomic E-state index is 0.582. The molecule has 5 heteroatoms. The number of aromatic nitrogens is 2. The molecule has 0 N–H and O–H groups in total. The molecule has 0 saturated carbocycles. The Morgan fingerprint density at radius 2 is 1.65 bits per heavy atom. The highest BCUT2D eigenvalue weighted by atomic mass is 16.5. The van der Waals surface area contributed by atoms with E-state index < -0.39 is 0 Å². The zero-order valence-electron chi connectivity index (χ0n) is 10.0. The summed E-state index contributed by atoms with van der Waals surface area (Å²) in [5, 5.41) is 0. The fourth-order valence-electron chi connectivity index (χ4n) is 1.63. The Bertz CT molecular complexity index is 469. The second-order valence-corrected chi connectivity index (χ2v) is 3.35. The summed E-state index contributed by atoms with van der Waals surface area (Å²) in [7, 11) is 4.77. The Morgan fingerprint density at radius 1 is 1.00 bits per heavy atom. The summed E-state index contributed by atoms with van der Waals surface area (Å²) < 4.78 is 17.7. The van der Waals surface area contributed by atoms with Crippen molar-refractivity contribution in [3.05, 3.63) is 30.9 Å². The van der Waals surface area contributed by atoms with Crippen molar-refractivity contribution >= 4 is 0 Å². The zero-order valence-corrected chi connectivity index (χ0v) is 10.0. The highest BCUT2D eigenvalue weighted by Crippen LogP contribution is 2.39. The normalized spacial score (nSPS) is 10.1. The van der Waals surface area contributed by atoms with E-state index in [2.05, 4.69) is 4.98 Å². The summed E-state index contributed by atoms with van der Waals surface area (Å²) in [4.78, 5) is 4.00. The lowest BCUT2D eigenvalue weighted by molar-refractivity contribution is 0.324. The van der Waals surface area contributed by atoms with Crippen LogP contribution >= 0.6 is 0 Å². The number of methoxy groups -OCH3 is 3. The molecule has 0 spiro atoms. The second kappa shape index (κ2) is 4.78. The van der Waals surface area contributed by atoms with Gasteiger partial charge in [-0.25, -0.2) is 4.98 Å². The molecular weight excluding hydrogens is 220 g/mol. The van der Waals surface area contributed by atoms with E-state index in [0.29, 0.717) is 17.2 Å². The van der Waals surface area contributed by atoms with E-state index in [1.165, 1.54) is 0 Å². The SMILES string of the molecule is COc1cc(-n2ccnc2)cc(OC)c1OC. The number of imidazole rings is 1. The number of rotatable bonds is 4. The number of hydrogen-bond donors (Lipinski definition) is 0. The van der Waals surface area contributed by atoms with Gasteiger partial charge in [0.25, 0.3) is 0 Å². The Balaban J connectivity index is 2.56. The van der Waals surface area contributed by atoms with Crippen molar-refractivity contribution in [2.24, 2.45) is 0 Å². The molecule has 0 radical (unpaired) electrons. The quantitative estimate of drug-likeness (QED) is 0.810. The molecule has 90 valence electrons. The van der Waals surface area contributed by atoms with Crippen molar-refractivity contribution in [3.63, 3.8) is 0 Å². The van der Waals surface area contributed by atoms with Crippen molar-refractivity contribution in [1.82, 2.24) is 9.55 Å². The highest BCUT2D eigenvalue weighted by molar-refractivity contribution is 5.58. The van der Waals surface area contributed by atoms with Gasteiger partial charge in [-0.15, -0.1) is 0 Å². The topological polar surface area (TPSA) is 45.5 Å². The summed E-state index contributed by atoms with van der Waals surface area (Å²) in [6.07, 6.45) is 5.27. The van der Waals surface area contributed by atoms with Crippen molar-refractivity contribution < 1.29 is 14.2 Å². The van der Waals surface area contributed by atoms with Gasteiger partial charge in [-0.1, -0.05) is 0 Å². The van der Waals surface area contributed by atoms with Gasteiger partial charge in [-0.05, 0) is 0 Å². The van der Waals surface area contributed by atoms with E-state index in [0.717, 1.165) is 5.69 Å². The van der Waals surface area contributed by atoms with Gasteiger partial charge in [0.05, 0.1) is 33.3 Å². The summed E-state index contributed by atoms with van der Waals surface area (Å²) in [5.74, 6) is 1.82. The predicted molar refractivity (Wildman–Crippen MR) is 63.2 cm³/mol. The van der Waals surface area contributed by atoms with Crippen molar-refractivity contribution in [2.45, 2.75) is 0 Å². The maximum atomic E-state index is 5.28. The first-order valence-corrected chi connectivity index (χ1v) is 5.08. The first-order valence-electron chi connectivity index (χ1n) is 5.08. The van der Waals surface area contributed by atoms with Gasteiger partial charge in [-0.2, -0.15) is 0 Å². The Morgan fingerprint density at radius 3 is 2.06 bits per heavy atom. The van der Waals surface area contributed by atoms with Crippen LogP contribution in [0, 0.1) is 0 Å². The van der Waals surface area contributed by atoms with Crippen LogP contribution in [0.1, 0.15) is 0 Å². The fourth-order valence-corrected chi connectivity index (χ4v) is 1.63. The molecule has 0 atom stereocenters. The van der Waals surface area contributed by atoms with Gasteiger partial charge in [0, 0.05) is 24.5 Å². The van der Waals surface area contributed by atoms with Crippen LogP contribution in [0.2, 0.25) is 0 Å². The molecule has 0 aliphatic heterocycles. The molecule has 17 heavy (non-hydrogen) atoms. The minimum absolute atomic E-state index is 0.582. The molecule has 0 unspecified atom stereocenters. The Hall–Kier alpha value is -2.17. The standard InChI is InChI=1S/C12H14N2O3/c1-15-10-6-9(14-5-4-13-8-14)7-11(16-2)12(10)17-3/h4-8H,1-3H3. The lowest BCUT2D eigenvalue weighted by Gasteiger charge is -2.14. The number of ether oxygens (including phenoxy) is 3. The molecule has 0 amide bonds. The van der Waals surface area contributed by atoms with E-state index in [1.807, 2.05) is 22.9 Å². The zero-order chi connectivity index (χ0) is 12.3. The monoisotopic (exact) mass is 234 g/mol. The van der Waals surface area contributed by atoms with Gasteiger partial charge in [-0.3, -0.25) is 0 Å². The summed E-state index contributed by atoms with van der Waals surface area (Å²) in [6.45, 7) is 0. The second-order valence-electron chi connectivity index (χ2n) is 3.35. The average Bonchev–Trinajstić information content (AvgIpc) is 2.90. The molecule has 2 rings (SSSR count). The third-order valence-corrected chi connectivity index (χ3v) is 2.45. The maximum absolute atomic E-state index is 5.28. The predicted octanol–water partition coefficient (Wildman–Crippen LogP) is 1.90. The van der Waals surface area contributed by atoms with Crippen LogP contribution in [0.25, 0.3) is 5.69 Å². The van der Waals surface area contributed by atoms with Crippen LogP contribution in [0.15, 0.2) is 30.9 Å².